The van der Waals surface area contributed by atoms with Crippen molar-refractivity contribution in [3.63, 3.8) is 0 Å². The molecule has 2 N–H and O–H groups in total. The predicted molar refractivity (Wildman–Crippen MR) is 109 cm³/mol. The van der Waals surface area contributed by atoms with Gasteiger partial charge in [-0.3, -0.25) is 14.4 Å². The zero-order valence-electron chi connectivity index (χ0n) is 15.3. The van der Waals surface area contributed by atoms with Gasteiger partial charge in [0.25, 0.3) is 5.91 Å². The summed E-state index contributed by atoms with van der Waals surface area (Å²) in [6.45, 7) is -0.965. The Kier molecular flexibility index (Phi) is 7.31. The van der Waals surface area contributed by atoms with Crippen LogP contribution in [-0.4, -0.2) is 41.7 Å². The Balaban J connectivity index is 1.34. The lowest BCUT2D eigenvalue weighted by molar-refractivity contribution is -0.146. The second-order valence-electron chi connectivity index (χ2n) is 5.85. The van der Waals surface area contributed by atoms with Crippen LogP contribution in [0.2, 0.25) is 0 Å². The molecule has 30 heavy (non-hydrogen) atoms. The number of ether oxygens (including phenoxy) is 1. The molecule has 156 valence electrons. The van der Waals surface area contributed by atoms with Gasteiger partial charge in [0, 0.05) is 11.8 Å². The number of nitrogens with one attached hydrogen (secondary N) is 2. The van der Waals surface area contributed by atoms with Gasteiger partial charge in [-0.05, 0) is 24.3 Å². The number of esters is 1. The first-order valence-corrected chi connectivity index (χ1v) is 10.4. The molecular formula is C19H15F2N3O4S2. The topological polar surface area (TPSA) is 97.4 Å². The molecule has 0 spiro atoms. The summed E-state index contributed by atoms with van der Waals surface area (Å²) in [4.78, 5) is 39.6. The van der Waals surface area contributed by atoms with Gasteiger partial charge in [-0.25, -0.2) is 13.8 Å². The number of carbonyl (C=O) groups excluding carboxylic acids is 3. The van der Waals surface area contributed by atoms with E-state index in [1.807, 2.05) is 24.3 Å². The van der Waals surface area contributed by atoms with E-state index in [4.69, 9.17) is 4.74 Å². The van der Waals surface area contributed by atoms with Crippen LogP contribution in [0.1, 0.15) is 0 Å². The van der Waals surface area contributed by atoms with Crippen LogP contribution in [0.4, 0.5) is 14.5 Å². The summed E-state index contributed by atoms with van der Waals surface area (Å²) in [5.74, 6) is -4.07. The van der Waals surface area contributed by atoms with Gasteiger partial charge in [-0.15, -0.1) is 11.3 Å². The molecule has 0 bridgehead atoms. The van der Waals surface area contributed by atoms with E-state index in [0.717, 1.165) is 22.3 Å². The molecule has 0 saturated carbocycles. The number of hydrogen-bond donors (Lipinski definition) is 2. The molecule has 7 nitrogen and oxygen atoms in total. The minimum atomic E-state index is -1.10. The van der Waals surface area contributed by atoms with Gasteiger partial charge < -0.3 is 15.4 Å². The van der Waals surface area contributed by atoms with Crippen molar-refractivity contribution in [2.24, 2.45) is 0 Å². The van der Waals surface area contributed by atoms with Crippen molar-refractivity contribution in [3.8, 4) is 0 Å². The number of halogens is 2. The molecule has 2 amide bonds. The van der Waals surface area contributed by atoms with Crippen molar-refractivity contribution in [1.82, 2.24) is 10.3 Å². The van der Waals surface area contributed by atoms with E-state index in [9.17, 15) is 23.2 Å². The van der Waals surface area contributed by atoms with E-state index in [0.29, 0.717) is 4.34 Å². The fourth-order valence-electron chi connectivity index (χ4n) is 2.23. The van der Waals surface area contributed by atoms with E-state index in [-0.39, 0.29) is 11.4 Å². The van der Waals surface area contributed by atoms with Crippen molar-refractivity contribution in [2.75, 3.05) is 24.2 Å². The number of benzene rings is 2. The smallest absolute Gasteiger partial charge is 0.316 e. The number of fused-ring (bicyclic) bond motifs is 1. The molecule has 3 rings (SSSR count). The SMILES string of the molecule is O=C(COC(=O)CSc1nc2ccccc2s1)NCC(=O)Nc1ccc(F)c(F)c1. The quantitative estimate of drug-likeness (QED) is 0.404. The van der Waals surface area contributed by atoms with E-state index in [2.05, 4.69) is 15.6 Å². The Morgan fingerprint density at radius 1 is 1.07 bits per heavy atom. The Hall–Kier alpha value is -3.05. The van der Waals surface area contributed by atoms with Crippen LogP contribution in [-0.2, 0) is 19.1 Å². The molecule has 1 heterocycles. The minimum Gasteiger partial charge on any atom is -0.455 e. The second kappa shape index (κ2) is 10.1. The van der Waals surface area contributed by atoms with E-state index in [1.54, 1.807) is 0 Å². The van der Waals surface area contributed by atoms with Gasteiger partial charge in [0.15, 0.2) is 22.6 Å². The number of carbonyl (C=O) groups is 3. The summed E-state index contributed by atoms with van der Waals surface area (Å²) >= 11 is 2.66. The zero-order valence-corrected chi connectivity index (χ0v) is 16.9. The minimum absolute atomic E-state index is 0.0102. The van der Waals surface area contributed by atoms with Crippen LogP contribution in [0.15, 0.2) is 46.8 Å². The third-order valence-corrected chi connectivity index (χ3v) is 5.75. The molecule has 0 aliphatic heterocycles. The van der Waals surface area contributed by atoms with Crippen LogP contribution < -0.4 is 10.6 Å². The van der Waals surface area contributed by atoms with Crippen LogP contribution >= 0.6 is 23.1 Å². The standard InChI is InChI=1S/C19H15F2N3O4S2/c20-12-6-5-11(7-13(12)21)23-16(25)8-22-17(26)9-28-18(27)10-29-19-24-14-3-1-2-4-15(14)30-19/h1-7H,8-10H2,(H,22,26)(H,23,25). The lowest BCUT2D eigenvalue weighted by Crippen LogP contribution is -2.35. The number of hydrogen-bond acceptors (Lipinski definition) is 7. The first kappa shape index (κ1) is 21.7. The number of nitrogens with zero attached hydrogens (tertiary/aromatic N) is 1. The number of amides is 2. The fraction of sp³-hybridized carbons (Fsp3) is 0.158. The van der Waals surface area contributed by atoms with Gasteiger partial charge in [0.1, 0.15) is 0 Å². The van der Waals surface area contributed by atoms with Gasteiger partial charge in [0.05, 0.1) is 22.5 Å². The first-order valence-electron chi connectivity index (χ1n) is 8.56. The molecule has 0 atom stereocenters. The second-order valence-corrected chi connectivity index (χ2v) is 8.10. The molecule has 0 aliphatic rings. The van der Waals surface area contributed by atoms with Crippen LogP contribution in [0.3, 0.4) is 0 Å². The maximum absolute atomic E-state index is 13.1. The summed E-state index contributed by atoms with van der Waals surface area (Å²) in [5, 5.41) is 4.56. The van der Waals surface area contributed by atoms with Crippen LogP contribution in [0.5, 0.6) is 0 Å². The number of thioether (sulfide) groups is 1. The number of para-hydroxylation sites is 1. The van der Waals surface area contributed by atoms with Gasteiger partial charge in [-0.1, -0.05) is 23.9 Å². The summed E-state index contributed by atoms with van der Waals surface area (Å²) in [6.07, 6.45) is 0. The largest absolute Gasteiger partial charge is 0.455 e. The van der Waals surface area contributed by atoms with Gasteiger partial charge in [-0.2, -0.15) is 0 Å². The molecule has 0 aliphatic carbocycles. The maximum atomic E-state index is 13.1. The van der Waals surface area contributed by atoms with Crippen LogP contribution in [0, 0.1) is 11.6 Å². The van der Waals surface area contributed by atoms with Gasteiger partial charge in [0.2, 0.25) is 5.91 Å². The highest BCUT2D eigenvalue weighted by Gasteiger charge is 2.12. The fourth-order valence-corrected chi connectivity index (χ4v) is 4.10. The summed E-state index contributed by atoms with van der Waals surface area (Å²) in [6, 6.07) is 10.5. The Morgan fingerprint density at radius 3 is 2.63 bits per heavy atom. The Morgan fingerprint density at radius 2 is 1.87 bits per heavy atom. The molecule has 0 unspecified atom stereocenters. The average molecular weight is 451 g/mol. The van der Waals surface area contributed by atoms with E-state index >= 15 is 0 Å². The molecule has 3 aromatic rings. The molecular weight excluding hydrogens is 436 g/mol. The molecule has 0 fully saturated rings. The summed E-state index contributed by atoms with van der Waals surface area (Å²) in [7, 11) is 0. The molecule has 0 radical (unpaired) electrons. The molecule has 11 heteroatoms. The van der Waals surface area contributed by atoms with Crippen LogP contribution in [0.25, 0.3) is 10.2 Å². The van der Waals surface area contributed by atoms with Crippen molar-refractivity contribution in [2.45, 2.75) is 4.34 Å². The number of thiazole rings is 1. The number of anilines is 1. The lowest BCUT2D eigenvalue weighted by Gasteiger charge is -2.08. The normalized spacial score (nSPS) is 10.6. The Bertz CT molecular complexity index is 1060. The van der Waals surface area contributed by atoms with Crippen molar-refractivity contribution < 1.29 is 27.9 Å². The third-order valence-electron chi connectivity index (χ3n) is 3.60. The summed E-state index contributed by atoms with van der Waals surface area (Å²) in [5.41, 5.74) is 0.894. The van der Waals surface area contributed by atoms with Crippen molar-refractivity contribution >= 4 is 56.8 Å². The highest BCUT2D eigenvalue weighted by Crippen LogP contribution is 2.29. The highest BCUT2D eigenvalue weighted by atomic mass is 32.2. The number of rotatable bonds is 8. The average Bonchev–Trinajstić information content (AvgIpc) is 3.15. The monoisotopic (exact) mass is 451 g/mol. The molecule has 1 aromatic heterocycles. The maximum Gasteiger partial charge on any atom is 0.316 e. The summed E-state index contributed by atoms with van der Waals surface area (Å²) < 4.78 is 32.5. The van der Waals surface area contributed by atoms with Gasteiger partial charge >= 0.3 is 5.97 Å². The highest BCUT2D eigenvalue weighted by molar-refractivity contribution is 8.01. The molecule has 0 saturated heterocycles. The van der Waals surface area contributed by atoms with E-state index in [1.165, 1.54) is 29.2 Å². The van der Waals surface area contributed by atoms with Crippen molar-refractivity contribution in [3.05, 3.63) is 54.1 Å². The zero-order chi connectivity index (χ0) is 21.5. The van der Waals surface area contributed by atoms with E-state index < -0.39 is 42.6 Å². The molecule has 2 aromatic carbocycles. The van der Waals surface area contributed by atoms with Crippen molar-refractivity contribution in [1.29, 1.82) is 0 Å². The third kappa shape index (κ3) is 6.22. The predicted octanol–water partition coefficient (Wildman–Crippen LogP) is 2.96. The Labute approximate surface area is 177 Å². The lowest BCUT2D eigenvalue weighted by atomic mass is 10.3. The number of aromatic nitrogens is 1. The first-order chi connectivity index (χ1) is 14.4.